The number of hydrogen-bond acceptors (Lipinski definition) is 5. The van der Waals surface area contributed by atoms with Gasteiger partial charge in [0.05, 0.1) is 11.2 Å². The lowest BCUT2D eigenvalue weighted by atomic mass is 10.0. The van der Waals surface area contributed by atoms with Crippen molar-refractivity contribution >= 4 is 28.4 Å². The molecular weight excluding hydrogens is 354 g/mol. The largest absolute Gasteiger partial charge is 0.379 e. The van der Waals surface area contributed by atoms with Gasteiger partial charge in [-0.2, -0.15) is 0 Å². The second-order valence-electron chi connectivity index (χ2n) is 7.02. The number of fused-ring (bicyclic) bond motifs is 1. The molecule has 7 heteroatoms. The zero-order valence-corrected chi connectivity index (χ0v) is 16.3. The van der Waals surface area contributed by atoms with E-state index in [1.165, 1.54) is 0 Å². The molecule has 2 amide bonds. The molecule has 1 unspecified atom stereocenters. The molecule has 0 saturated carbocycles. The summed E-state index contributed by atoms with van der Waals surface area (Å²) in [5, 5.41) is 15.6. The number of carbonyl (C=O) groups is 2. The molecule has 1 aromatic heterocycles. The van der Waals surface area contributed by atoms with Crippen LogP contribution in [0.1, 0.15) is 43.1 Å². The lowest BCUT2D eigenvalue weighted by Crippen LogP contribution is -2.49. The van der Waals surface area contributed by atoms with Crippen LogP contribution in [0.3, 0.4) is 0 Å². The summed E-state index contributed by atoms with van der Waals surface area (Å²) in [6, 6.07) is 7.59. The maximum atomic E-state index is 13.2. The average molecular weight is 381 g/mol. The minimum atomic E-state index is -0.167. The first-order valence-corrected chi connectivity index (χ1v) is 9.82. The summed E-state index contributed by atoms with van der Waals surface area (Å²) in [6.45, 7) is 7.37. The van der Waals surface area contributed by atoms with E-state index in [1.807, 2.05) is 31.2 Å². The quantitative estimate of drug-likeness (QED) is 0.720. The van der Waals surface area contributed by atoms with Crippen molar-refractivity contribution in [3.63, 3.8) is 0 Å². The van der Waals surface area contributed by atoms with E-state index in [-0.39, 0.29) is 17.9 Å². The van der Waals surface area contributed by atoms with E-state index < -0.39 is 0 Å². The molecule has 2 N–H and O–H groups in total. The van der Waals surface area contributed by atoms with Gasteiger partial charge in [0.1, 0.15) is 0 Å². The van der Waals surface area contributed by atoms with Crippen molar-refractivity contribution in [2.75, 3.05) is 25.0 Å². The number of anilines is 1. The third-order valence-electron chi connectivity index (χ3n) is 4.84. The summed E-state index contributed by atoms with van der Waals surface area (Å²) in [7, 11) is 0. The summed E-state index contributed by atoms with van der Waals surface area (Å²) in [5.41, 5.74) is 1.71. The van der Waals surface area contributed by atoms with Crippen LogP contribution in [-0.4, -0.2) is 52.6 Å². The Morgan fingerprint density at radius 3 is 2.93 bits per heavy atom. The highest BCUT2D eigenvalue weighted by atomic mass is 16.2. The molecule has 1 aliphatic rings. The van der Waals surface area contributed by atoms with Gasteiger partial charge in [0.2, 0.25) is 5.91 Å². The van der Waals surface area contributed by atoms with Crippen LogP contribution in [0.4, 0.5) is 5.69 Å². The summed E-state index contributed by atoms with van der Waals surface area (Å²) >= 11 is 0. The number of piperidine rings is 1. The number of carbonyl (C=O) groups excluding carboxylic acids is 2. The maximum Gasteiger partial charge on any atom is 0.276 e. The molecule has 3 rings (SSSR count). The molecule has 0 radical (unpaired) electrons. The van der Waals surface area contributed by atoms with Crippen molar-refractivity contribution in [1.82, 2.24) is 20.4 Å². The molecule has 28 heavy (non-hydrogen) atoms. The first kappa shape index (κ1) is 19.8. The number of nitrogens with one attached hydrogen (secondary N) is 2. The number of benzene rings is 1. The number of aromatic nitrogens is 2. The average Bonchev–Trinajstić information content (AvgIpc) is 2.71. The van der Waals surface area contributed by atoms with Crippen LogP contribution in [0.2, 0.25) is 0 Å². The van der Waals surface area contributed by atoms with Crippen molar-refractivity contribution in [1.29, 1.82) is 0 Å². The van der Waals surface area contributed by atoms with Crippen molar-refractivity contribution < 1.29 is 9.59 Å². The fourth-order valence-electron chi connectivity index (χ4n) is 3.51. The molecule has 0 aliphatic carbocycles. The van der Waals surface area contributed by atoms with E-state index in [0.717, 1.165) is 30.2 Å². The highest BCUT2D eigenvalue weighted by Gasteiger charge is 2.28. The number of rotatable bonds is 7. The molecule has 148 valence electrons. The van der Waals surface area contributed by atoms with Gasteiger partial charge in [-0.25, -0.2) is 0 Å². The summed E-state index contributed by atoms with van der Waals surface area (Å²) < 4.78 is 0. The second-order valence-corrected chi connectivity index (χ2v) is 7.02. The van der Waals surface area contributed by atoms with Gasteiger partial charge in [-0.1, -0.05) is 31.2 Å². The van der Waals surface area contributed by atoms with Crippen LogP contribution in [0, 0.1) is 0 Å². The zero-order chi connectivity index (χ0) is 19.9. The van der Waals surface area contributed by atoms with E-state index in [0.29, 0.717) is 37.4 Å². The van der Waals surface area contributed by atoms with Crippen LogP contribution in [0.5, 0.6) is 0 Å². The Kier molecular flexibility index (Phi) is 6.57. The van der Waals surface area contributed by atoms with Gasteiger partial charge in [-0.15, -0.1) is 16.8 Å². The van der Waals surface area contributed by atoms with Crippen LogP contribution >= 0.6 is 0 Å². The Bertz CT molecular complexity index is 867. The first-order valence-electron chi connectivity index (χ1n) is 9.82. The summed E-state index contributed by atoms with van der Waals surface area (Å²) in [6.07, 6.45) is 4.79. The molecule has 0 spiro atoms. The zero-order valence-electron chi connectivity index (χ0n) is 16.3. The summed E-state index contributed by atoms with van der Waals surface area (Å²) in [4.78, 5) is 26.9. The molecule has 1 aromatic carbocycles. The van der Waals surface area contributed by atoms with Gasteiger partial charge < -0.3 is 15.5 Å². The Labute approximate surface area is 165 Å². The van der Waals surface area contributed by atoms with Crippen LogP contribution in [0.15, 0.2) is 36.9 Å². The molecule has 2 heterocycles. The fraction of sp³-hybridized carbons (Fsp3) is 0.429. The molecule has 1 saturated heterocycles. The number of hydrogen-bond donors (Lipinski definition) is 2. The third kappa shape index (κ3) is 4.47. The normalized spacial score (nSPS) is 16.6. The Morgan fingerprint density at radius 1 is 1.32 bits per heavy atom. The van der Waals surface area contributed by atoms with E-state index in [9.17, 15) is 9.59 Å². The lowest BCUT2D eigenvalue weighted by Gasteiger charge is -2.33. The van der Waals surface area contributed by atoms with Crippen molar-refractivity contribution in [2.45, 2.75) is 38.6 Å². The number of likely N-dealkylation sites (tertiary alicyclic amines) is 1. The highest BCUT2D eigenvalue weighted by molar-refractivity contribution is 6.05. The van der Waals surface area contributed by atoms with Crippen LogP contribution in [0.25, 0.3) is 10.9 Å². The SMILES string of the molecule is C=CCNc1c(C(=O)N2CCCC(NC(=O)CCC)C2)nnc2ccccc12. The Morgan fingerprint density at radius 2 is 2.14 bits per heavy atom. The third-order valence-corrected chi connectivity index (χ3v) is 4.84. The molecule has 7 nitrogen and oxygen atoms in total. The minimum Gasteiger partial charge on any atom is -0.379 e. The number of amides is 2. The van der Waals surface area contributed by atoms with Gasteiger partial charge in [-0.3, -0.25) is 9.59 Å². The Balaban J connectivity index is 1.83. The first-order chi connectivity index (χ1) is 13.6. The predicted octanol–water partition coefficient (Wildman–Crippen LogP) is 2.75. The second kappa shape index (κ2) is 9.30. The van der Waals surface area contributed by atoms with Crippen molar-refractivity contribution in [3.05, 3.63) is 42.6 Å². The van der Waals surface area contributed by atoms with E-state index in [1.54, 1.807) is 11.0 Å². The minimum absolute atomic E-state index is 0.0188. The molecule has 2 aromatic rings. The van der Waals surface area contributed by atoms with E-state index in [2.05, 4.69) is 27.4 Å². The van der Waals surface area contributed by atoms with Gasteiger partial charge in [0.25, 0.3) is 5.91 Å². The lowest BCUT2D eigenvalue weighted by molar-refractivity contribution is -0.122. The fourth-order valence-corrected chi connectivity index (χ4v) is 3.51. The van der Waals surface area contributed by atoms with E-state index in [4.69, 9.17) is 0 Å². The van der Waals surface area contributed by atoms with Crippen molar-refractivity contribution in [3.8, 4) is 0 Å². The van der Waals surface area contributed by atoms with Gasteiger partial charge in [0, 0.05) is 37.5 Å². The standard InChI is InChI=1S/C21H27N5O2/c1-3-8-18(27)23-15-9-7-13-26(14-15)21(28)20-19(22-12-4-2)16-10-5-6-11-17(16)24-25-20/h4-6,10-11,15H,2-3,7-9,12-14H2,1H3,(H,22,24)(H,23,27). The van der Waals surface area contributed by atoms with Gasteiger partial charge >= 0.3 is 0 Å². The molecule has 0 bridgehead atoms. The monoisotopic (exact) mass is 381 g/mol. The Hall–Kier alpha value is -2.96. The van der Waals surface area contributed by atoms with Gasteiger partial charge in [0.15, 0.2) is 5.69 Å². The van der Waals surface area contributed by atoms with Gasteiger partial charge in [-0.05, 0) is 25.3 Å². The smallest absolute Gasteiger partial charge is 0.276 e. The van der Waals surface area contributed by atoms with E-state index >= 15 is 0 Å². The topological polar surface area (TPSA) is 87.2 Å². The summed E-state index contributed by atoms with van der Waals surface area (Å²) in [5.74, 6) is -0.125. The van der Waals surface area contributed by atoms with Crippen molar-refractivity contribution in [2.24, 2.45) is 0 Å². The van der Waals surface area contributed by atoms with Crippen LogP contribution in [-0.2, 0) is 4.79 Å². The molecule has 1 fully saturated rings. The molecular formula is C21H27N5O2. The van der Waals surface area contributed by atoms with Crippen LogP contribution < -0.4 is 10.6 Å². The molecule has 1 aliphatic heterocycles. The predicted molar refractivity (Wildman–Crippen MR) is 110 cm³/mol. The maximum absolute atomic E-state index is 13.2. The highest BCUT2D eigenvalue weighted by Crippen LogP contribution is 2.26. The number of nitrogens with zero attached hydrogens (tertiary/aromatic N) is 3. The molecule has 1 atom stereocenters.